The molecule has 1 aliphatic rings. The first kappa shape index (κ1) is 16.0. The zero-order valence-corrected chi connectivity index (χ0v) is 13.1. The summed E-state index contributed by atoms with van der Waals surface area (Å²) in [6.45, 7) is 8.60. The predicted octanol–water partition coefficient (Wildman–Crippen LogP) is 2.15. The van der Waals surface area contributed by atoms with Gasteiger partial charge in [0.1, 0.15) is 6.61 Å². The van der Waals surface area contributed by atoms with E-state index in [0.29, 0.717) is 6.61 Å². The van der Waals surface area contributed by atoms with Crippen LogP contribution in [-0.2, 0) is 16.1 Å². The number of amides is 1. The first-order chi connectivity index (χ1) is 10.2. The van der Waals surface area contributed by atoms with E-state index in [0.717, 1.165) is 32.6 Å². The Morgan fingerprint density at radius 3 is 2.76 bits per heavy atom. The van der Waals surface area contributed by atoms with Gasteiger partial charge in [-0.25, -0.2) is 0 Å². The Labute approximate surface area is 127 Å². The number of hydrogen-bond donors (Lipinski definition) is 0. The van der Waals surface area contributed by atoms with Gasteiger partial charge in [-0.1, -0.05) is 30.3 Å². The second-order valence-corrected chi connectivity index (χ2v) is 5.65. The van der Waals surface area contributed by atoms with Gasteiger partial charge in [-0.15, -0.1) is 0 Å². The number of rotatable bonds is 5. The van der Waals surface area contributed by atoms with Crippen molar-refractivity contribution in [1.82, 2.24) is 9.80 Å². The van der Waals surface area contributed by atoms with E-state index in [1.165, 1.54) is 5.56 Å². The maximum Gasteiger partial charge on any atom is 0.248 e. The summed E-state index contributed by atoms with van der Waals surface area (Å²) in [6, 6.07) is 10.8. The van der Waals surface area contributed by atoms with Crippen molar-refractivity contribution in [2.45, 2.75) is 32.9 Å². The molecule has 1 aromatic rings. The minimum absolute atomic E-state index is 0.117. The van der Waals surface area contributed by atoms with Crippen molar-refractivity contribution in [3.05, 3.63) is 35.9 Å². The number of nitrogens with zero attached hydrogens (tertiary/aromatic N) is 2. The number of carbonyl (C=O) groups is 1. The quantitative estimate of drug-likeness (QED) is 0.833. The Morgan fingerprint density at radius 1 is 1.29 bits per heavy atom. The molecule has 1 saturated heterocycles. The van der Waals surface area contributed by atoms with Gasteiger partial charge in [-0.05, 0) is 25.8 Å². The molecular formula is C17H26N2O2. The first-order valence-corrected chi connectivity index (χ1v) is 7.84. The molecule has 4 heteroatoms. The number of hydrogen-bond acceptors (Lipinski definition) is 3. The smallest absolute Gasteiger partial charge is 0.248 e. The van der Waals surface area contributed by atoms with Crippen LogP contribution in [0, 0.1) is 0 Å². The average Bonchev–Trinajstić information content (AvgIpc) is 2.67. The van der Waals surface area contributed by atoms with Crippen molar-refractivity contribution in [3.63, 3.8) is 0 Å². The van der Waals surface area contributed by atoms with E-state index in [1.54, 1.807) is 0 Å². The van der Waals surface area contributed by atoms with E-state index in [4.69, 9.17) is 4.74 Å². The summed E-state index contributed by atoms with van der Waals surface area (Å²) in [4.78, 5) is 16.6. The Balaban J connectivity index is 1.91. The van der Waals surface area contributed by atoms with Crippen LogP contribution in [0.4, 0.5) is 0 Å². The highest BCUT2D eigenvalue weighted by molar-refractivity contribution is 5.77. The molecule has 0 aliphatic carbocycles. The maximum absolute atomic E-state index is 12.2. The zero-order valence-electron chi connectivity index (χ0n) is 13.1. The van der Waals surface area contributed by atoms with Crippen LogP contribution in [0.15, 0.2) is 30.3 Å². The van der Waals surface area contributed by atoms with Crippen molar-refractivity contribution in [1.29, 1.82) is 0 Å². The molecule has 4 nitrogen and oxygen atoms in total. The van der Waals surface area contributed by atoms with Crippen LogP contribution in [0.5, 0.6) is 0 Å². The molecule has 21 heavy (non-hydrogen) atoms. The molecule has 0 bridgehead atoms. The highest BCUT2D eigenvalue weighted by Crippen LogP contribution is 2.13. The zero-order chi connectivity index (χ0) is 15.1. The lowest BCUT2D eigenvalue weighted by Crippen LogP contribution is -2.44. The van der Waals surface area contributed by atoms with Gasteiger partial charge in [-0.3, -0.25) is 9.69 Å². The summed E-state index contributed by atoms with van der Waals surface area (Å²) in [5, 5.41) is 0. The van der Waals surface area contributed by atoms with Gasteiger partial charge in [0.25, 0.3) is 0 Å². The second-order valence-electron chi connectivity index (χ2n) is 5.65. The van der Waals surface area contributed by atoms with Gasteiger partial charge in [0.05, 0.1) is 0 Å². The predicted molar refractivity (Wildman–Crippen MR) is 84.0 cm³/mol. The third-order valence-corrected chi connectivity index (χ3v) is 3.93. The summed E-state index contributed by atoms with van der Waals surface area (Å²) >= 11 is 0. The number of ether oxygens (including phenoxy) is 1. The van der Waals surface area contributed by atoms with Crippen LogP contribution in [0.3, 0.4) is 0 Å². The normalized spacial score (nSPS) is 20.3. The fraction of sp³-hybridized carbons (Fsp3) is 0.588. The molecule has 1 amide bonds. The molecule has 1 atom stereocenters. The summed E-state index contributed by atoms with van der Waals surface area (Å²) in [7, 11) is 0. The summed E-state index contributed by atoms with van der Waals surface area (Å²) in [6.07, 6.45) is 1.02. The lowest BCUT2D eigenvalue weighted by atomic mass is 10.2. The molecule has 0 aromatic heterocycles. The van der Waals surface area contributed by atoms with Gasteiger partial charge >= 0.3 is 0 Å². The molecule has 1 aliphatic heterocycles. The summed E-state index contributed by atoms with van der Waals surface area (Å²) < 4.78 is 5.26. The fourth-order valence-corrected chi connectivity index (χ4v) is 2.88. The molecule has 1 fully saturated rings. The third kappa shape index (κ3) is 4.83. The molecule has 1 heterocycles. The Bertz CT molecular complexity index is 436. The number of carbonyl (C=O) groups excluding carboxylic acids is 1. The minimum Gasteiger partial charge on any atom is -0.372 e. The van der Waals surface area contributed by atoms with Crippen molar-refractivity contribution in [2.75, 3.05) is 32.8 Å². The molecule has 0 radical (unpaired) electrons. The molecule has 0 spiro atoms. The Morgan fingerprint density at radius 2 is 2.05 bits per heavy atom. The van der Waals surface area contributed by atoms with Crippen molar-refractivity contribution in [3.8, 4) is 0 Å². The largest absolute Gasteiger partial charge is 0.372 e. The molecule has 116 valence electrons. The van der Waals surface area contributed by atoms with Gasteiger partial charge < -0.3 is 9.64 Å². The van der Waals surface area contributed by atoms with Crippen molar-refractivity contribution < 1.29 is 9.53 Å². The molecular weight excluding hydrogens is 264 g/mol. The molecule has 0 unspecified atom stereocenters. The average molecular weight is 290 g/mol. The highest BCUT2D eigenvalue weighted by Gasteiger charge is 2.25. The van der Waals surface area contributed by atoms with Crippen LogP contribution in [0.25, 0.3) is 0 Å². The standard InChI is InChI=1S/C17H26N2O2/c1-3-21-14-17(20)19-11-7-10-18(12-15(19)2)13-16-8-5-4-6-9-16/h4-6,8-9,15H,3,7,10-14H2,1-2H3/t15-/m1/s1. The van der Waals surface area contributed by atoms with Crippen molar-refractivity contribution >= 4 is 5.91 Å². The minimum atomic E-state index is 0.117. The van der Waals surface area contributed by atoms with Crippen LogP contribution in [0.1, 0.15) is 25.8 Å². The van der Waals surface area contributed by atoms with E-state index >= 15 is 0 Å². The molecule has 0 saturated carbocycles. The van der Waals surface area contributed by atoms with Crippen LogP contribution in [0.2, 0.25) is 0 Å². The molecule has 1 aromatic carbocycles. The fourth-order valence-electron chi connectivity index (χ4n) is 2.88. The third-order valence-electron chi connectivity index (χ3n) is 3.93. The van der Waals surface area contributed by atoms with Crippen LogP contribution >= 0.6 is 0 Å². The number of benzene rings is 1. The SMILES string of the molecule is CCOCC(=O)N1CCCN(Cc2ccccc2)C[C@H]1C. The monoisotopic (exact) mass is 290 g/mol. The van der Waals surface area contributed by atoms with E-state index in [2.05, 4.69) is 36.1 Å². The van der Waals surface area contributed by atoms with Gasteiger partial charge in [-0.2, -0.15) is 0 Å². The maximum atomic E-state index is 12.2. The first-order valence-electron chi connectivity index (χ1n) is 7.84. The van der Waals surface area contributed by atoms with Crippen LogP contribution < -0.4 is 0 Å². The van der Waals surface area contributed by atoms with E-state index in [1.807, 2.05) is 17.9 Å². The van der Waals surface area contributed by atoms with Gasteiger partial charge in [0, 0.05) is 38.8 Å². The highest BCUT2D eigenvalue weighted by atomic mass is 16.5. The van der Waals surface area contributed by atoms with Crippen LogP contribution in [-0.4, -0.2) is 54.6 Å². The lowest BCUT2D eigenvalue weighted by Gasteiger charge is -2.29. The Hall–Kier alpha value is -1.39. The van der Waals surface area contributed by atoms with Crippen molar-refractivity contribution in [2.24, 2.45) is 0 Å². The molecule has 0 N–H and O–H groups in total. The van der Waals surface area contributed by atoms with E-state index in [9.17, 15) is 4.79 Å². The van der Waals surface area contributed by atoms with E-state index < -0.39 is 0 Å². The topological polar surface area (TPSA) is 32.8 Å². The second kappa shape index (κ2) is 8.15. The Kier molecular flexibility index (Phi) is 6.21. The summed E-state index contributed by atoms with van der Waals surface area (Å²) in [5.74, 6) is 0.117. The molecule has 2 rings (SSSR count). The van der Waals surface area contributed by atoms with Gasteiger partial charge in [0.15, 0.2) is 0 Å². The van der Waals surface area contributed by atoms with E-state index in [-0.39, 0.29) is 18.6 Å². The lowest BCUT2D eigenvalue weighted by molar-refractivity contribution is -0.137. The summed E-state index contributed by atoms with van der Waals surface area (Å²) in [5.41, 5.74) is 1.33. The van der Waals surface area contributed by atoms with Gasteiger partial charge in [0.2, 0.25) is 5.91 Å².